The van der Waals surface area contributed by atoms with Crippen molar-refractivity contribution < 1.29 is 13.6 Å². The molecule has 0 saturated carbocycles. The molecule has 0 aromatic rings. The fraction of sp³-hybridized carbons (Fsp3) is 0.429. The lowest BCUT2D eigenvalue weighted by Gasteiger charge is -2.10. The van der Waals surface area contributed by atoms with E-state index in [2.05, 4.69) is 5.92 Å². The summed E-state index contributed by atoms with van der Waals surface area (Å²) in [5.41, 5.74) is 0. The second-order valence-electron chi connectivity index (χ2n) is 2.18. The minimum atomic E-state index is -3.00. The van der Waals surface area contributed by atoms with E-state index in [0.29, 0.717) is 5.31 Å². The largest absolute Gasteiger partial charge is 0.358 e. The van der Waals surface area contributed by atoms with Gasteiger partial charge in [-0.25, -0.2) is 0 Å². The summed E-state index contributed by atoms with van der Waals surface area (Å²) in [6.07, 6.45) is 6.21. The van der Waals surface area contributed by atoms with E-state index < -0.39 is 13.7 Å². The topological polar surface area (TPSA) is 35.5 Å². The average molecular weight is 172 g/mol. The molecule has 1 aliphatic heterocycles. The third kappa shape index (κ3) is 1.39. The summed E-state index contributed by atoms with van der Waals surface area (Å²) in [4.78, 5) is 0. The maximum atomic E-state index is 11.5. The standard InChI is InChI=1S/C7H9O3P/c1-4-7-5-6(2)11(8,9-3)10-7/h1,5,7H,2-3H3. The molecule has 0 spiro atoms. The molecule has 1 heterocycles. The smallest absolute Gasteiger partial charge is 0.309 e. The molecule has 2 unspecified atom stereocenters. The third-order valence-electron chi connectivity index (χ3n) is 1.48. The van der Waals surface area contributed by atoms with E-state index in [1.165, 1.54) is 7.11 Å². The van der Waals surface area contributed by atoms with E-state index in [9.17, 15) is 4.57 Å². The van der Waals surface area contributed by atoms with Gasteiger partial charge in [0.05, 0.1) is 0 Å². The number of hydrogen-bond donors (Lipinski definition) is 0. The molecule has 4 heteroatoms. The van der Waals surface area contributed by atoms with Crippen molar-refractivity contribution in [3.63, 3.8) is 0 Å². The molecule has 0 aromatic heterocycles. The highest BCUT2D eigenvalue weighted by molar-refractivity contribution is 7.58. The van der Waals surface area contributed by atoms with Crippen molar-refractivity contribution in [1.82, 2.24) is 0 Å². The van der Waals surface area contributed by atoms with Gasteiger partial charge in [-0.1, -0.05) is 5.92 Å². The summed E-state index contributed by atoms with van der Waals surface area (Å²) in [7, 11) is -1.65. The first kappa shape index (κ1) is 8.55. The Hall–Kier alpha value is -0.550. The van der Waals surface area contributed by atoms with Crippen molar-refractivity contribution >= 4 is 7.60 Å². The third-order valence-corrected chi connectivity index (χ3v) is 3.48. The van der Waals surface area contributed by atoms with Crippen LogP contribution in [0.15, 0.2) is 11.4 Å². The van der Waals surface area contributed by atoms with Crippen molar-refractivity contribution in [2.75, 3.05) is 7.11 Å². The van der Waals surface area contributed by atoms with E-state index in [0.717, 1.165) is 0 Å². The van der Waals surface area contributed by atoms with Gasteiger partial charge in [-0.2, -0.15) is 0 Å². The fourth-order valence-electron chi connectivity index (χ4n) is 0.839. The molecule has 1 aliphatic rings. The molecule has 1 rings (SSSR count). The summed E-state index contributed by atoms with van der Waals surface area (Å²) in [5.74, 6) is 2.33. The van der Waals surface area contributed by atoms with Crippen molar-refractivity contribution in [3.05, 3.63) is 11.4 Å². The molecule has 0 saturated heterocycles. The lowest BCUT2D eigenvalue weighted by atomic mass is 10.3. The molecule has 0 N–H and O–H groups in total. The lowest BCUT2D eigenvalue weighted by Crippen LogP contribution is -1.97. The van der Waals surface area contributed by atoms with E-state index >= 15 is 0 Å². The van der Waals surface area contributed by atoms with Crippen LogP contribution in [0.4, 0.5) is 0 Å². The molecule has 3 nitrogen and oxygen atoms in total. The molecule has 0 fully saturated rings. The zero-order chi connectivity index (χ0) is 8.48. The van der Waals surface area contributed by atoms with Crippen molar-refractivity contribution in [3.8, 4) is 12.3 Å². The molecule has 0 aromatic carbocycles. The number of allylic oxidation sites excluding steroid dienone is 1. The number of terminal acetylenes is 1. The summed E-state index contributed by atoms with van der Waals surface area (Å²) in [5, 5.41) is 0.586. The van der Waals surface area contributed by atoms with Crippen LogP contribution in [0.5, 0.6) is 0 Å². The van der Waals surface area contributed by atoms with Crippen molar-refractivity contribution in [2.24, 2.45) is 0 Å². The van der Waals surface area contributed by atoms with Gasteiger partial charge in [0.25, 0.3) is 0 Å². The normalized spacial score (nSPS) is 36.5. The first-order chi connectivity index (χ1) is 5.12. The van der Waals surface area contributed by atoms with E-state index in [1.807, 2.05) is 0 Å². The zero-order valence-corrected chi connectivity index (χ0v) is 7.30. The van der Waals surface area contributed by atoms with Crippen molar-refractivity contribution in [2.45, 2.75) is 13.0 Å². The Bertz CT molecular complexity index is 274. The van der Waals surface area contributed by atoms with Gasteiger partial charge in [0.1, 0.15) is 6.10 Å². The van der Waals surface area contributed by atoms with Gasteiger partial charge in [-0.3, -0.25) is 9.09 Å². The molecule has 0 bridgehead atoms. The number of rotatable bonds is 1. The van der Waals surface area contributed by atoms with E-state index in [4.69, 9.17) is 15.5 Å². The predicted octanol–water partition coefficient (Wildman–Crippen LogP) is 1.76. The van der Waals surface area contributed by atoms with E-state index in [-0.39, 0.29) is 0 Å². The summed E-state index contributed by atoms with van der Waals surface area (Å²) in [6, 6.07) is 0. The van der Waals surface area contributed by atoms with Crippen LogP contribution in [0.1, 0.15) is 6.92 Å². The number of hydrogen-bond acceptors (Lipinski definition) is 3. The predicted molar refractivity (Wildman–Crippen MR) is 42.1 cm³/mol. The van der Waals surface area contributed by atoms with Gasteiger partial charge in [0.15, 0.2) is 0 Å². The van der Waals surface area contributed by atoms with E-state index in [1.54, 1.807) is 13.0 Å². The van der Waals surface area contributed by atoms with Crippen molar-refractivity contribution in [1.29, 1.82) is 0 Å². The maximum absolute atomic E-state index is 11.5. The first-order valence-electron chi connectivity index (χ1n) is 3.11. The molecule has 60 valence electrons. The van der Waals surface area contributed by atoms with Crippen LogP contribution in [0, 0.1) is 12.3 Å². The van der Waals surface area contributed by atoms with Crippen LogP contribution in [0.2, 0.25) is 0 Å². The SMILES string of the molecule is C#CC1C=C(C)P(=O)(OC)O1. The van der Waals surface area contributed by atoms with Crippen LogP contribution in [0.25, 0.3) is 0 Å². The summed E-state index contributed by atoms with van der Waals surface area (Å²) < 4.78 is 21.2. The van der Waals surface area contributed by atoms with Crippen LogP contribution >= 0.6 is 7.60 Å². The molecule has 11 heavy (non-hydrogen) atoms. The quantitative estimate of drug-likeness (QED) is 0.446. The van der Waals surface area contributed by atoms with Gasteiger partial charge in [0, 0.05) is 12.4 Å². The molecule has 2 atom stereocenters. The Morgan fingerprint density at radius 3 is 2.82 bits per heavy atom. The fourth-order valence-corrected chi connectivity index (χ4v) is 2.12. The van der Waals surface area contributed by atoms with Gasteiger partial charge in [0.2, 0.25) is 0 Å². The Labute approximate surface area is 65.9 Å². The monoisotopic (exact) mass is 172 g/mol. The molecule has 0 aliphatic carbocycles. The van der Waals surface area contributed by atoms with Gasteiger partial charge < -0.3 is 4.52 Å². The Morgan fingerprint density at radius 2 is 2.55 bits per heavy atom. The maximum Gasteiger partial charge on any atom is 0.358 e. The average Bonchev–Trinajstić information content (AvgIpc) is 2.29. The second kappa shape index (κ2) is 2.83. The van der Waals surface area contributed by atoms with Crippen LogP contribution in [-0.4, -0.2) is 13.2 Å². The Balaban J connectivity index is 2.90. The summed E-state index contributed by atoms with van der Waals surface area (Å²) in [6.45, 7) is 1.68. The minimum absolute atomic E-state index is 0.499. The van der Waals surface area contributed by atoms with Crippen LogP contribution in [-0.2, 0) is 13.6 Å². The highest BCUT2D eigenvalue weighted by atomic mass is 31.2. The van der Waals surface area contributed by atoms with Crippen LogP contribution < -0.4 is 0 Å². The molecular formula is C7H9O3P. The van der Waals surface area contributed by atoms with Crippen LogP contribution in [0.3, 0.4) is 0 Å². The summed E-state index contributed by atoms with van der Waals surface area (Å²) >= 11 is 0. The van der Waals surface area contributed by atoms with Gasteiger partial charge in [-0.05, 0) is 13.0 Å². The Kier molecular flexibility index (Phi) is 2.20. The van der Waals surface area contributed by atoms with Gasteiger partial charge >= 0.3 is 7.60 Å². The first-order valence-corrected chi connectivity index (χ1v) is 4.66. The highest BCUT2D eigenvalue weighted by Gasteiger charge is 2.34. The molecule has 0 amide bonds. The lowest BCUT2D eigenvalue weighted by molar-refractivity contribution is 0.243. The highest BCUT2D eigenvalue weighted by Crippen LogP contribution is 2.59. The minimum Gasteiger partial charge on any atom is -0.309 e. The zero-order valence-electron chi connectivity index (χ0n) is 6.40. The van der Waals surface area contributed by atoms with Gasteiger partial charge in [-0.15, -0.1) is 6.42 Å². The Morgan fingerprint density at radius 1 is 1.91 bits per heavy atom. The molecular weight excluding hydrogens is 163 g/mol. The molecule has 0 radical (unpaired) electrons. The second-order valence-corrected chi connectivity index (χ2v) is 4.46.